The highest BCUT2D eigenvalue weighted by atomic mass is 35.5. The van der Waals surface area contributed by atoms with Crippen LogP contribution >= 0.6 is 11.6 Å². The first-order chi connectivity index (χ1) is 9.50. The van der Waals surface area contributed by atoms with Crippen molar-refractivity contribution < 1.29 is 14.8 Å². The monoisotopic (exact) mass is 300 g/mol. The molecule has 2 rings (SSSR count). The number of aliphatic hydroxyl groups is 1. The molecular formula is C13H17ClN2O4. The molecule has 0 amide bonds. The van der Waals surface area contributed by atoms with Crippen molar-refractivity contribution in [3.8, 4) is 0 Å². The molecular weight excluding hydrogens is 284 g/mol. The molecule has 0 unspecified atom stereocenters. The molecule has 0 aliphatic carbocycles. The third-order valence-electron chi connectivity index (χ3n) is 3.44. The zero-order chi connectivity index (χ0) is 14.6. The summed E-state index contributed by atoms with van der Waals surface area (Å²) >= 11 is 5.76. The van der Waals surface area contributed by atoms with E-state index in [1.54, 1.807) is 12.1 Å². The van der Waals surface area contributed by atoms with E-state index in [0.29, 0.717) is 49.7 Å². The Kier molecular flexibility index (Phi) is 4.93. The lowest BCUT2D eigenvalue weighted by molar-refractivity contribution is -0.385. The number of halogens is 1. The second-order valence-electron chi connectivity index (χ2n) is 4.97. The Morgan fingerprint density at radius 1 is 1.45 bits per heavy atom. The van der Waals surface area contributed by atoms with Crippen LogP contribution in [0, 0.1) is 10.1 Å². The average Bonchev–Trinajstić information content (AvgIpc) is 2.41. The molecule has 0 saturated carbocycles. The first-order valence-electron chi connectivity index (χ1n) is 6.44. The van der Waals surface area contributed by atoms with E-state index in [1.165, 1.54) is 6.07 Å². The Labute approximate surface area is 121 Å². The van der Waals surface area contributed by atoms with Crippen LogP contribution in [-0.2, 0) is 11.3 Å². The molecule has 1 aromatic carbocycles. The summed E-state index contributed by atoms with van der Waals surface area (Å²) < 4.78 is 5.20. The number of nitrogens with zero attached hydrogens (tertiary/aromatic N) is 1. The van der Waals surface area contributed by atoms with Gasteiger partial charge in [-0.3, -0.25) is 10.1 Å². The number of nitrogens with one attached hydrogen (secondary N) is 1. The van der Waals surface area contributed by atoms with Gasteiger partial charge in [0.15, 0.2) is 0 Å². The smallest absolute Gasteiger partial charge is 0.275 e. The Hall–Kier alpha value is -1.21. The Morgan fingerprint density at radius 3 is 2.80 bits per heavy atom. The van der Waals surface area contributed by atoms with Crippen LogP contribution in [0.4, 0.5) is 5.69 Å². The third kappa shape index (κ3) is 3.89. The largest absolute Gasteiger partial charge is 0.388 e. The van der Waals surface area contributed by atoms with Gasteiger partial charge in [-0.1, -0.05) is 11.6 Å². The summed E-state index contributed by atoms with van der Waals surface area (Å²) in [6.45, 7) is 1.78. The van der Waals surface area contributed by atoms with E-state index in [4.69, 9.17) is 16.3 Å². The molecule has 0 radical (unpaired) electrons. The Bertz CT molecular complexity index is 489. The lowest BCUT2D eigenvalue weighted by atomic mass is 9.94. The predicted molar refractivity (Wildman–Crippen MR) is 74.8 cm³/mol. The van der Waals surface area contributed by atoms with Gasteiger partial charge < -0.3 is 15.2 Å². The van der Waals surface area contributed by atoms with E-state index in [-0.39, 0.29) is 5.69 Å². The standard InChI is InChI=1S/C13H17ClN2O4/c14-11-2-1-10(12(7-11)16(18)19)8-15-9-13(17)3-5-20-6-4-13/h1-2,7,15,17H,3-6,8-9H2. The van der Waals surface area contributed by atoms with E-state index in [1.807, 2.05) is 0 Å². The van der Waals surface area contributed by atoms with E-state index in [9.17, 15) is 15.2 Å². The predicted octanol–water partition coefficient (Wildman–Crippen LogP) is 1.88. The molecule has 2 N–H and O–H groups in total. The fourth-order valence-electron chi connectivity index (χ4n) is 2.21. The number of nitro benzene ring substituents is 1. The molecule has 1 heterocycles. The quantitative estimate of drug-likeness (QED) is 0.640. The van der Waals surface area contributed by atoms with Gasteiger partial charge in [0, 0.05) is 55.8 Å². The molecule has 1 aliphatic heterocycles. The van der Waals surface area contributed by atoms with Crippen molar-refractivity contribution in [3.05, 3.63) is 38.9 Å². The number of rotatable bonds is 5. The van der Waals surface area contributed by atoms with Gasteiger partial charge in [-0.2, -0.15) is 0 Å². The van der Waals surface area contributed by atoms with Crippen molar-refractivity contribution in [2.75, 3.05) is 19.8 Å². The third-order valence-corrected chi connectivity index (χ3v) is 3.67. The van der Waals surface area contributed by atoms with Gasteiger partial charge in [0.05, 0.1) is 10.5 Å². The summed E-state index contributed by atoms with van der Waals surface area (Å²) in [7, 11) is 0. The van der Waals surface area contributed by atoms with E-state index in [2.05, 4.69) is 5.32 Å². The summed E-state index contributed by atoms with van der Waals surface area (Å²) in [5.74, 6) is 0. The van der Waals surface area contributed by atoms with Gasteiger partial charge in [0.1, 0.15) is 0 Å². The number of ether oxygens (including phenoxy) is 1. The molecule has 0 atom stereocenters. The van der Waals surface area contributed by atoms with E-state index < -0.39 is 10.5 Å². The summed E-state index contributed by atoms with van der Waals surface area (Å²) in [6.07, 6.45) is 1.14. The highest BCUT2D eigenvalue weighted by Gasteiger charge is 2.29. The second kappa shape index (κ2) is 6.49. The molecule has 1 aliphatic rings. The molecule has 6 nitrogen and oxygen atoms in total. The van der Waals surface area contributed by atoms with Crippen LogP contribution in [0.15, 0.2) is 18.2 Å². The summed E-state index contributed by atoms with van der Waals surface area (Å²) in [4.78, 5) is 10.5. The SMILES string of the molecule is O=[N+]([O-])c1cc(Cl)ccc1CNCC1(O)CCOCC1. The van der Waals surface area contributed by atoms with Crippen molar-refractivity contribution in [2.24, 2.45) is 0 Å². The minimum Gasteiger partial charge on any atom is -0.388 e. The van der Waals surface area contributed by atoms with E-state index >= 15 is 0 Å². The molecule has 0 spiro atoms. The highest BCUT2D eigenvalue weighted by molar-refractivity contribution is 6.30. The lowest BCUT2D eigenvalue weighted by Gasteiger charge is -2.32. The van der Waals surface area contributed by atoms with Crippen LogP contribution in [0.25, 0.3) is 0 Å². The summed E-state index contributed by atoms with van der Waals surface area (Å²) in [5.41, 5.74) is -0.251. The van der Waals surface area contributed by atoms with Crippen molar-refractivity contribution in [1.82, 2.24) is 5.32 Å². The first-order valence-corrected chi connectivity index (χ1v) is 6.82. The van der Waals surface area contributed by atoms with Gasteiger partial charge in [-0.05, 0) is 12.1 Å². The minimum atomic E-state index is -0.792. The van der Waals surface area contributed by atoms with Gasteiger partial charge in [-0.25, -0.2) is 0 Å². The van der Waals surface area contributed by atoms with Crippen molar-refractivity contribution in [3.63, 3.8) is 0 Å². The van der Waals surface area contributed by atoms with Crippen molar-refractivity contribution in [2.45, 2.75) is 25.0 Å². The fourth-order valence-corrected chi connectivity index (χ4v) is 2.38. The molecule has 0 bridgehead atoms. The normalized spacial score (nSPS) is 17.9. The number of benzene rings is 1. The van der Waals surface area contributed by atoms with Crippen LogP contribution in [0.5, 0.6) is 0 Å². The molecule has 20 heavy (non-hydrogen) atoms. The van der Waals surface area contributed by atoms with Crippen LogP contribution in [0.1, 0.15) is 18.4 Å². The van der Waals surface area contributed by atoms with Crippen LogP contribution < -0.4 is 5.32 Å². The van der Waals surface area contributed by atoms with E-state index in [0.717, 1.165) is 0 Å². The molecule has 1 saturated heterocycles. The second-order valence-corrected chi connectivity index (χ2v) is 5.41. The maximum absolute atomic E-state index is 11.0. The van der Waals surface area contributed by atoms with Crippen LogP contribution in [0.3, 0.4) is 0 Å². The Balaban J connectivity index is 1.95. The molecule has 1 fully saturated rings. The number of nitro groups is 1. The van der Waals surface area contributed by atoms with Crippen LogP contribution in [0.2, 0.25) is 5.02 Å². The maximum Gasteiger partial charge on any atom is 0.275 e. The van der Waals surface area contributed by atoms with Gasteiger partial charge >= 0.3 is 0 Å². The van der Waals surface area contributed by atoms with Gasteiger partial charge in [-0.15, -0.1) is 0 Å². The van der Waals surface area contributed by atoms with Gasteiger partial charge in [0.25, 0.3) is 5.69 Å². The van der Waals surface area contributed by atoms with Crippen LogP contribution in [-0.4, -0.2) is 35.4 Å². The van der Waals surface area contributed by atoms with Crippen molar-refractivity contribution >= 4 is 17.3 Å². The Morgan fingerprint density at radius 2 is 2.15 bits per heavy atom. The summed E-state index contributed by atoms with van der Waals surface area (Å²) in [5, 5.41) is 24.6. The molecule has 0 aromatic heterocycles. The lowest BCUT2D eigenvalue weighted by Crippen LogP contribution is -2.44. The first kappa shape index (κ1) is 15.2. The fraction of sp³-hybridized carbons (Fsp3) is 0.538. The summed E-state index contributed by atoms with van der Waals surface area (Å²) in [6, 6.07) is 4.58. The number of hydrogen-bond donors (Lipinski definition) is 2. The zero-order valence-electron chi connectivity index (χ0n) is 11.0. The van der Waals surface area contributed by atoms with Gasteiger partial charge in [0.2, 0.25) is 0 Å². The van der Waals surface area contributed by atoms with Crippen molar-refractivity contribution in [1.29, 1.82) is 0 Å². The average molecular weight is 301 g/mol. The highest BCUT2D eigenvalue weighted by Crippen LogP contribution is 2.24. The molecule has 110 valence electrons. The molecule has 1 aromatic rings. The molecule has 7 heteroatoms. The zero-order valence-corrected chi connectivity index (χ0v) is 11.7. The maximum atomic E-state index is 11.0. The minimum absolute atomic E-state index is 0.0102. The number of hydrogen-bond acceptors (Lipinski definition) is 5. The topological polar surface area (TPSA) is 84.6 Å².